The van der Waals surface area contributed by atoms with Crippen molar-refractivity contribution < 1.29 is 0 Å². The SMILES string of the molecule is CC.CC.CC1C=C1. The Morgan fingerprint density at radius 1 is 0.875 bits per heavy atom. The molecule has 0 amide bonds. The van der Waals surface area contributed by atoms with Crippen LogP contribution in [0.3, 0.4) is 0 Å². The van der Waals surface area contributed by atoms with Gasteiger partial charge in [-0.15, -0.1) is 0 Å². The van der Waals surface area contributed by atoms with Crippen molar-refractivity contribution >= 4 is 0 Å². The fourth-order valence-electron chi connectivity index (χ4n) is 0.111. The Hall–Kier alpha value is -0.260. The maximum absolute atomic E-state index is 2.17. The van der Waals surface area contributed by atoms with Gasteiger partial charge in [-0.05, 0) is 5.92 Å². The van der Waals surface area contributed by atoms with Gasteiger partial charge in [-0.3, -0.25) is 0 Å². The van der Waals surface area contributed by atoms with Crippen LogP contribution >= 0.6 is 0 Å². The lowest BCUT2D eigenvalue weighted by Crippen LogP contribution is -1.47. The Bertz CT molecular complexity index is 38.0. The van der Waals surface area contributed by atoms with Gasteiger partial charge in [-0.25, -0.2) is 0 Å². The second kappa shape index (κ2) is 9.88. The summed E-state index contributed by atoms with van der Waals surface area (Å²) < 4.78 is 0. The summed E-state index contributed by atoms with van der Waals surface area (Å²) in [5.41, 5.74) is 0. The average molecular weight is 114 g/mol. The molecular formula is C8H18. The van der Waals surface area contributed by atoms with Crippen molar-refractivity contribution in [2.75, 3.05) is 0 Å². The van der Waals surface area contributed by atoms with Crippen molar-refractivity contribution in [2.45, 2.75) is 34.6 Å². The predicted molar refractivity (Wildman–Crippen MR) is 41.0 cm³/mol. The third-order valence-electron chi connectivity index (χ3n) is 0.577. The van der Waals surface area contributed by atoms with E-state index in [1.165, 1.54) is 0 Å². The van der Waals surface area contributed by atoms with Gasteiger partial charge in [-0.2, -0.15) is 0 Å². The van der Waals surface area contributed by atoms with Crippen LogP contribution in [0.25, 0.3) is 0 Å². The Labute approximate surface area is 53.6 Å². The summed E-state index contributed by atoms with van der Waals surface area (Å²) in [7, 11) is 0. The smallest absolute Gasteiger partial charge is 0.00815 e. The van der Waals surface area contributed by atoms with E-state index in [9.17, 15) is 0 Å². The lowest BCUT2D eigenvalue weighted by molar-refractivity contribution is 1.09. The van der Waals surface area contributed by atoms with Crippen molar-refractivity contribution in [1.82, 2.24) is 0 Å². The molecule has 0 heterocycles. The van der Waals surface area contributed by atoms with E-state index in [1.807, 2.05) is 27.7 Å². The van der Waals surface area contributed by atoms with Crippen molar-refractivity contribution in [2.24, 2.45) is 5.92 Å². The van der Waals surface area contributed by atoms with Gasteiger partial charge in [0.15, 0.2) is 0 Å². The van der Waals surface area contributed by atoms with Gasteiger partial charge in [0, 0.05) is 0 Å². The van der Waals surface area contributed by atoms with Crippen LogP contribution in [-0.4, -0.2) is 0 Å². The molecule has 0 aliphatic heterocycles. The zero-order valence-corrected chi connectivity index (χ0v) is 6.73. The highest BCUT2D eigenvalue weighted by atomic mass is 14.0. The van der Waals surface area contributed by atoms with Crippen molar-refractivity contribution in [3.63, 3.8) is 0 Å². The molecule has 0 nitrogen and oxygen atoms in total. The van der Waals surface area contributed by atoms with Crippen LogP contribution in [-0.2, 0) is 0 Å². The Kier molecular flexibility index (Phi) is 13.2. The van der Waals surface area contributed by atoms with Gasteiger partial charge in [0.05, 0.1) is 0 Å². The molecule has 1 rings (SSSR count). The highest BCUT2D eigenvalue weighted by molar-refractivity contribution is 5.10. The second-order valence-electron chi connectivity index (χ2n) is 1.24. The minimum absolute atomic E-state index is 0.833. The first-order valence-corrected chi connectivity index (χ1v) is 3.58. The topological polar surface area (TPSA) is 0 Å². The molecule has 0 aromatic rings. The molecule has 1 aliphatic rings. The summed E-state index contributed by atoms with van der Waals surface area (Å²) in [4.78, 5) is 0. The molecule has 0 fully saturated rings. The van der Waals surface area contributed by atoms with Crippen molar-refractivity contribution in [1.29, 1.82) is 0 Å². The molecule has 0 saturated heterocycles. The highest BCUT2D eigenvalue weighted by Crippen LogP contribution is 2.11. The summed E-state index contributed by atoms with van der Waals surface area (Å²) >= 11 is 0. The molecular weight excluding hydrogens is 96.1 g/mol. The van der Waals surface area contributed by atoms with Crippen LogP contribution in [0.4, 0.5) is 0 Å². The average Bonchev–Trinajstić information content (AvgIpc) is 2.62. The third-order valence-corrected chi connectivity index (χ3v) is 0.577. The molecule has 0 saturated carbocycles. The first-order valence-electron chi connectivity index (χ1n) is 3.58. The Morgan fingerprint density at radius 2 is 1.00 bits per heavy atom. The molecule has 0 aromatic heterocycles. The van der Waals surface area contributed by atoms with Crippen LogP contribution in [0, 0.1) is 5.92 Å². The highest BCUT2D eigenvalue weighted by Gasteiger charge is 1.97. The van der Waals surface area contributed by atoms with Gasteiger partial charge in [0.2, 0.25) is 0 Å². The summed E-state index contributed by atoms with van der Waals surface area (Å²) in [5, 5.41) is 0. The van der Waals surface area contributed by atoms with Gasteiger partial charge >= 0.3 is 0 Å². The minimum atomic E-state index is 0.833. The first kappa shape index (κ1) is 10.7. The van der Waals surface area contributed by atoms with Gasteiger partial charge in [0.1, 0.15) is 0 Å². The molecule has 8 heavy (non-hydrogen) atoms. The van der Waals surface area contributed by atoms with Crippen LogP contribution in [0.5, 0.6) is 0 Å². The molecule has 0 atom stereocenters. The first-order chi connectivity index (χ1) is 3.89. The molecule has 0 radical (unpaired) electrons. The number of rotatable bonds is 0. The van der Waals surface area contributed by atoms with E-state index in [1.54, 1.807) is 0 Å². The van der Waals surface area contributed by atoms with Gasteiger partial charge < -0.3 is 0 Å². The number of hydrogen-bond acceptors (Lipinski definition) is 0. The third kappa shape index (κ3) is 17.2. The fourth-order valence-corrected chi connectivity index (χ4v) is 0.111. The molecule has 0 aromatic carbocycles. The van der Waals surface area contributed by atoms with E-state index in [4.69, 9.17) is 0 Å². The molecule has 0 N–H and O–H groups in total. The fraction of sp³-hybridized carbons (Fsp3) is 0.750. The standard InChI is InChI=1S/C4H6.2C2H6/c1-4-2-3-4;2*1-2/h2-4H,1H3;2*1-2H3. The lowest BCUT2D eigenvalue weighted by atomic mass is 10.5. The second-order valence-corrected chi connectivity index (χ2v) is 1.24. The normalized spacial score (nSPS) is 12.6. The van der Waals surface area contributed by atoms with Gasteiger partial charge in [-0.1, -0.05) is 46.8 Å². The number of hydrogen-bond donors (Lipinski definition) is 0. The maximum Gasteiger partial charge on any atom is -0.00815 e. The van der Waals surface area contributed by atoms with Crippen LogP contribution in [0.1, 0.15) is 34.6 Å². The molecule has 0 unspecified atom stereocenters. The molecule has 0 bridgehead atoms. The van der Waals surface area contributed by atoms with Gasteiger partial charge in [0.25, 0.3) is 0 Å². The quantitative estimate of drug-likeness (QED) is 0.424. The predicted octanol–water partition coefficient (Wildman–Crippen LogP) is 3.24. The van der Waals surface area contributed by atoms with Crippen LogP contribution in [0.2, 0.25) is 0 Å². The van der Waals surface area contributed by atoms with Crippen molar-refractivity contribution in [3.8, 4) is 0 Å². The zero-order valence-electron chi connectivity index (χ0n) is 6.73. The largest absolute Gasteiger partial charge is 0.0813 e. The van der Waals surface area contributed by atoms with E-state index in [0.29, 0.717) is 0 Å². The summed E-state index contributed by atoms with van der Waals surface area (Å²) in [5.74, 6) is 0.833. The zero-order chi connectivity index (χ0) is 6.99. The molecule has 0 spiro atoms. The monoisotopic (exact) mass is 114 g/mol. The molecule has 50 valence electrons. The Balaban J connectivity index is 0. The minimum Gasteiger partial charge on any atom is -0.0813 e. The van der Waals surface area contributed by atoms with E-state index < -0.39 is 0 Å². The molecule has 1 aliphatic carbocycles. The molecule has 0 heteroatoms. The summed E-state index contributed by atoms with van der Waals surface area (Å²) in [6, 6.07) is 0. The summed E-state index contributed by atoms with van der Waals surface area (Å²) in [6.07, 6.45) is 4.33. The Morgan fingerprint density at radius 3 is 1.00 bits per heavy atom. The van der Waals surface area contributed by atoms with E-state index in [-0.39, 0.29) is 0 Å². The van der Waals surface area contributed by atoms with E-state index >= 15 is 0 Å². The van der Waals surface area contributed by atoms with Crippen LogP contribution < -0.4 is 0 Å². The lowest BCUT2D eigenvalue weighted by Gasteiger charge is -1.57. The summed E-state index contributed by atoms with van der Waals surface area (Å²) in [6.45, 7) is 10.2. The van der Waals surface area contributed by atoms with E-state index in [0.717, 1.165) is 5.92 Å². The number of allylic oxidation sites excluding steroid dienone is 2. The van der Waals surface area contributed by atoms with Crippen molar-refractivity contribution in [3.05, 3.63) is 12.2 Å². The maximum atomic E-state index is 2.17. The van der Waals surface area contributed by atoms with E-state index in [2.05, 4.69) is 19.1 Å². The van der Waals surface area contributed by atoms with Crippen LogP contribution in [0.15, 0.2) is 12.2 Å².